The highest BCUT2D eigenvalue weighted by molar-refractivity contribution is 8.04. The Hall–Kier alpha value is -3.61. The number of allylic oxidation sites excluding steroid dienone is 2. The van der Waals surface area contributed by atoms with Crippen molar-refractivity contribution in [1.29, 1.82) is 5.26 Å². The quantitative estimate of drug-likeness (QED) is 0.244. The summed E-state index contributed by atoms with van der Waals surface area (Å²) in [6, 6.07) is 16.1. The van der Waals surface area contributed by atoms with Crippen LogP contribution < -0.4 is 8.37 Å². The number of benzene rings is 3. The van der Waals surface area contributed by atoms with Crippen molar-refractivity contribution in [2.45, 2.75) is 34.0 Å². The summed E-state index contributed by atoms with van der Waals surface area (Å²) in [5.41, 5.74) is 0.526. The Kier molecular flexibility index (Phi) is 8.43. The van der Waals surface area contributed by atoms with E-state index in [0.29, 0.717) is 4.91 Å². The van der Waals surface area contributed by atoms with E-state index in [1.54, 1.807) is 38.1 Å². The van der Waals surface area contributed by atoms with Gasteiger partial charge in [0.2, 0.25) is 0 Å². The SMILES string of the molecule is Cc1ccc(S(=O)(=O)Oc2ccc(OS(=O)(=O)c3ccc(C)cc3)c(S(=O)(=O)OC3C=CC(=CC#N)S3)c2)cc1. The van der Waals surface area contributed by atoms with Gasteiger partial charge < -0.3 is 8.37 Å². The molecule has 1 unspecified atom stereocenters. The Morgan fingerprint density at radius 2 is 1.32 bits per heavy atom. The monoisotopic (exact) mass is 619 g/mol. The standard InChI is InChI=1S/C26H21NO9S4/c1-18-3-9-22(10-4-18)38(28,29)34-20-7-13-24(35-39(30,31)23-11-5-19(2)6-12-23)25(17-20)40(32,33)36-26-14-8-21(37-26)15-16-27/h3-15,17,26H,1-2H3. The van der Waals surface area contributed by atoms with Gasteiger partial charge in [-0.25, -0.2) is 4.18 Å². The molecule has 1 heterocycles. The Morgan fingerprint density at radius 1 is 0.775 bits per heavy atom. The maximum Gasteiger partial charge on any atom is 0.339 e. The summed E-state index contributed by atoms with van der Waals surface area (Å²) in [6.07, 6.45) is 4.07. The van der Waals surface area contributed by atoms with Crippen LogP contribution in [-0.2, 0) is 34.5 Å². The fourth-order valence-corrected chi connectivity index (χ4v) is 7.44. The van der Waals surface area contributed by atoms with Crippen LogP contribution in [-0.4, -0.2) is 30.7 Å². The van der Waals surface area contributed by atoms with Crippen molar-refractivity contribution in [3.8, 4) is 17.6 Å². The molecule has 208 valence electrons. The summed E-state index contributed by atoms with van der Waals surface area (Å²) in [5.74, 6) is -1.07. The van der Waals surface area contributed by atoms with Crippen LogP contribution in [0.5, 0.6) is 11.5 Å². The predicted molar refractivity (Wildman–Crippen MR) is 147 cm³/mol. The lowest BCUT2D eigenvalue weighted by atomic mass is 10.2. The lowest BCUT2D eigenvalue weighted by Gasteiger charge is -2.15. The van der Waals surface area contributed by atoms with Gasteiger partial charge in [-0.05, 0) is 62.4 Å². The third kappa shape index (κ3) is 6.93. The summed E-state index contributed by atoms with van der Waals surface area (Å²) in [7, 11) is -13.6. The molecule has 4 rings (SSSR count). The molecule has 0 fully saturated rings. The van der Waals surface area contributed by atoms with Crippen molar-refractivity contribution in [1.82, 2.24) is 0 Å². The maximum absolute atomic E-state index is 13.3. The number of rotatable bonds is 9. The molecule has 0 N–H and O–H groups in total. The van der Waals surface area contributed by atoms with Gasteiger partial charge in [0, 0.05) is 17.0 Å². The number of thioether (sulfide) groups is 1. The van der Waals surface area contributed by atoms with E-state index in [1.807, 2.05) is 6.07 Å². The second kappa shape index (κ2) is 11.5. The lowest BCUT2D eigenvalue weighted by molar-refractivity contribution is 0.331. The molecule has 1 aliphatic rings. The van der Waals surface area contributed by atoms with Gasteiger partial charge in [-0.3, -0.25) is 0 Å². The molecule has 0 amide bonds. The molecule has 3 aromatic rings. The van der Waals surface area contributed by atoms with Gasteiger partial charge >= 0.3 is 30.4 Å². The first-order valence-corrected chi connectivity index (χ1v) is 16.4. The minimum absolute atomic E-state index is 0.176. The minimum Gasteiger partial charge on any atom is -0.379 e. The molecule has 3 aromatic carbocycles. The molecule has 0 saturated carbocycles. The van der Waals surface area contributed by atoms with Crippen LogP contribution in [0.4, 0.5) is 0 Å². The molecule has 0 aliphatic carbocycles. The van der Waals surface area contributed by atoms with Crippen LogP contribution in [0.3, 0.4) is 0 Å². The molecular formula is C26H21NO9S4. The van der Waals surface area contributed by atoms with Crippen molar-refractivity contribution in [3.63, 3.8) is 0 Å². The maximum atomic E-state index is 13.3. The van der Waals surface area contributed by atoms with Crippen molar-refractivity contribution in [2.24, 2.45) is 0 Å². The number of nitriles is 1. The first-order chi connectivity index (χ1) is 18.8. The number of aryl methyl sites for hydroxylation is 2. The van der Waals surface area contributed by atoms with Crippen molar-refractivity contribution >= 4 is 42.1 Å². The highest BCUT2D eigenvalue weighted by Crippen LogP contribution is 2.37. The lowest BCUT2D eigenvalue weighted by Crippen LogP contribution is -2.17. The molecule has 10 nitrogen and oxygen atoms in total. The molecular weight excluding hydrogens is 599 g/mol. The molecule has 1 atom stereocenters. The fraction of sp³-hybridized carbons (Fsp3) is 0.115. The van der Waals surface area contributed by atoms with E-state index in [1.165, 1.54) is 42.5 Å². The van der Waals surface area contributed by atoms with Gasteiger partial charge in [0.1, 0.15) is 25.9 Å². The first-order valence-electron chi connectivity index (χ1n) is 11.3. The second-order valence-electron chi connectivity index (χ2n) is 8.38. The molecule has 0 bridgehead atoms. The van der Waals surface area contributed by atoms with E-state index in [2.05, 4.69) is 0 Å². The number of hydrogen-bond donors (Lipinski definition) is 0. The van der Waals surface area contributed by atoms with E-state index in [9.17, 15) is 25.3 Å². The van der Waals surface area contributed by atoms with Gasteiger partial charge in [-0.15, -0.1) is 0 Å². The molecule has 40 heavy (non-hydrogen) atoms. The zero-order chi connectivity index (χ0) is 29.1. The Morgan fingerprint density at radius 3 is 1.88 bits per heavy atom. The van der Waals surface area contributed by atoms with E-state index in [4.69, 9.17) is 17.8 Å². The molecule has 0 radical (unpaired) electrons. The normalized spacial score (nSPS) is 16.5. The van der Waals surface area contributed by atoms with Gasteiger partial charge in [0.25, 0.3) is 0 Å². The van der Waals surface area contributed by atoms with E-state index in [-0.39, 0.29) is 9.79 Å². The zero-order valence-corrected chi connectivity index (χ0v) is 24.2. The van der Waals surface area contributed by atoms with Gasteiger partial charge in [-0.2, -0.15) is 30.5 Å². The average Bonchev–Trinajstić information content (AvgIpc) is 3.31. The molecule has 0 aromatic heterocycles. The predicted octanol–water partition coefficient (Wildman–Crippen LogP) is 4.58. The van der Waals surface area contributed by atoms with E-state index in [0.717, 1.165) is 41.1 Å². The molecule has 1 aliphatic heterocycles. The smallest absolute Gasteiger partial charge is 0.339 e. The van der Waals surface area contributed by atoms with E-state index < -0.39 is 52.2 Å². The zero-order valence-electron chi connectivity index (χ0n) is 20.9. The summed E-state index contributed by atoms with van der Waals surface area (Å²) >= 11 is 0.926. The van der Waals surface area contributed by atoms with Gasteiger partial charge in [-0.1, -0.05) is 47.2 Å². The fourth-order valence-electron chi connectivity index (χ4n) is 3.32. The van der Waals surface area contributed by atoms with Gasteiger partial charge in [0.15, 0.2) is 5.75 Å². The largest absolute Gasteiger partial charge is 0.379 e. The Bertz CT molecular complexity index is 1860. The highest BCUT2D eigenvalue weighted by Gasteiger charge is 2.31. The Labute approximate surface area is 236 Å². The third-order valence-corrected chi connectivity index (χ3v) is 10.3. The summed E-state index contributed by atoms with van der Waals surface area (Å²) in [5, 5.41) is 8.83. The van der Waals surface area contributed by atoms with Crippen molar-refractivity contribution < 1.29 is 37.8 Å². The average molecular weight is 620 g/mol. The van der Waals surface area contributed by atoms with Crippen LogP contribution in [0.25, 0.3) is 0 Å². The summed E-state index contributed by atoms with van der Waals surface area (Å²) in [4.78, 5) is -0.746. The number of nitrogens with zero attached hydrogens (tertiary/aromatic N) is 1. The van der Waals surface area contributed by atoms with Crippen molar-refractivity contribution in [2.75, 3.05) is 0 Å². The van der Waals surface area contributed by atoms with E-state index >= 15 is 0 Å². The van der Waals surface area contributed by atoms with Crippen LogP contribution >= 0.6 is 11.8 Å². The van der Waals surface area contributed by atoms with Crippen LogP contribution in [0.2, 0.25) is 0 Å². The second-order valence-corrected chi connectivity index (χ2v) is 14.2. The summed E-state index contributed by atoms with van der Waals surface area (Å²) in [6.45, 7) is 3.53. The Balaban J connectivity index is 1.73. The van der Waals surface area contributed by atoms with Crippen molar-refractivity contribution in [3.05, 3.63) is 101 Å². The van der Waals surface area contributed by atoms with Crippen LogP contribution in [0.1, 0.15) is 11.1 Å². The van der Waals surface area contributed by atoms with Crippen LogP contribution in [0, 0.1) is 25.2 Å². The van der Waals surface area contributed by atoms with Gasteiger partial charge in [0.05, 0.1) is 6.07 Å². The highest BCUT2D eigenvalue weighted by atomic mass is 32.2. The summed E-state index contributed by atoms with van der Waals surface area (Å²) < 4.78 is 93.7. The third-order valence-electron chi connectivity index (χ3n) is 5.31. The number of hydrogen-bond acceptors (Lipinski definition) is 11. The molecule has 14 heteroatoms. The first kappa shape index (κ1) is 29.4. The minimum atomic E-state index is -4.77. The molecule has 0 spiro atoms. The molecule has 0 saturated heterocycles. The topological polar surface area (TPSA) is 154 Å². The van der Waals surface area contributed by atoms with Crippen LogP contribution in [0.15, 0.2) is 105 Å².